The van der Waals surface area contributed by atoms with Gasteiger partial charge in [0.2, 0.25) is 0 Å². The van der Waals surface area contributed by atoms with E-state index in [2.05, 4.69) is 36.5 Å². The maximum absolute atomic E-state index is 4.42. The van der Waals surface area contributed by atoms with Gasteiger partial charge in [-0.1, -0.05) is 20.8 Å². The second-order valence-corrected chi connectivity index (χ2v) is 5.26. The summed E-state index contributed by atoms with van der Waals surface area (Å²) in [5.41, 5.74) is 3.58. The van der Waals surface area contributed by atoms with Gasteiger partial charge in [-0.25, -0.2) is 4.98 Å². The lowest BCUT2D eigenvalue weighted by Gasteiger charge is -2.31. The molecule has 0 bridgehead atoms. The molecular formula is C13H24N2S. The lowest BCUT2D eigenvalue weighted by molar-refractivity contribution is 0.245. The summed E-state index contributed by atoms with van der Waals surface area (Å²) in [7, 11) is 0. The van der Waals surface area contributed by atoms with Crippen molar-refractivity contribution in [3.05, 3.63) is 16.6 Å². The highest BCUT2D eigenvalue weighted by atomic mass is 32.1. The van der Waals surface area contributed by atoms with E-state index >= 15 is 0 Å². The van der Waals surface area contributed by atoms with Crippen molar-refractivity contribution in [1.82, 2.24) is 10.3 Å². The summed E-state index contributed by atoms with van der Waals surface area (Å²) in [6.07, 6.45) is 4.76. The van der Waals surface area contributed by atoms with Crippen LogP contribution < -0.4 is 5.32 Å². The Balaban J connectivity index is 2.56. The molecule has 1 rings (SSSR count). The van der Waals surface area contributed by atoms with Crippen LogP contribution in [0, 0.1) is 5.41 Å². The third kappa shape index (κ3) is 3.87. The van der Waals surface area contributed by atoms with Gasteiger partial charge in [0.15, 0.2) is 0 Å². The molecule has 2 nitrogen and oxygen atoms in total. The molecule has 3 heteroatoms. The molecule has 1 N–H and O–H groups in total. The maximum Gasteiger partial charge on any atom is 0.0794 e. The normalized spacial score (nSPS) is 11.9. The Kier molecular flexibility index (Phi) is 5.99. The number of nitrogens with one attached hydrogen (secondary N) is 1. The third-order valence-corrected chi connectivity index (χ3v) is 4.10. The van der Waals surface area contributed by atoms with Crippen LogP contribution in [0.1, 0.15) is 45.7 Å². The van der Waals surface area contributed by atoms with Crippen LogP contribution in [0.5, 0.6) is 0 Å². The molecule has 0 aromatic carbocycles. The molecule has 0 atom stereocenters. The fraction of sp³-hybridized carbons (Fsp3) is 0.769. The second kappa shape index (κ2) is 7.02. The zero-order valence-corrected chi connectivity index (χ0v) is 11.6. The summed E-state index contributed by atoms with van der Waals surface area (Å²) < 4.78 is 0. The van der Waals surface area contributed by atoms with Gasteiger partial charge in [-0.15, -0.1) is 11.3 Å². The van der Waals surface area contributed by atoms with E-state index in [4.69, 9.17) is 0 Å². The van der Waals surface area contributed by atoms with Crippen LogP contribution in [-0.4, -0.2) is 18.1 Å². The summed E-state index contributed by atoms with van der Waals surface area (Å²) in [6, 6.07) is 0. The van der Waals surface area contributed by atoms with Crippen LogP contribution in [-0.2, 0) is 6.42 Å². The molecule has 0 unspecified atom stereocenters. The predicted molar refractivity (Wildman–Crippen MR) is 72.0 cm³/mol. The highest BCUT2D eigenvalue weighted by molar-refractivity contribution is 7.07. The molecule has 0 saturated heterocycles. The summed E-state index contributed by atoms with van der Waals surface area (Å²) >= 11 is 1.70. The van der Waals surface area contributed by atoms with Gasteiger partial charge in [-0.3, -0.25) is 0 Å². The molecule has 0 fully saturated rings. The Hall–Kier alpha value is -0.410. The second-order valence-electron chi connectivity index (χ2n) is 4.54. The zero-order chi connectivity index (χ0) is 11.9. The van der Waals surface area contributed by atoms with E-state index in [-0.39, 0.29) is 0 Å². The van der Waals surface area contributed by atoms with Gasteiger partial charge in [0.25, 0.3) is 0 Å². The monoisotopic (exact) mass is 240 g/mol. The number of nitrogens with zero attached hydrogens (tertiary/aromatic N) is 1. The van der Waals surface area contributed by atoms with Gasteiger partial charge >= 0.3 is 0 Å². The van der Waals surface area contributed by atoms with Crippen LogP contribution in [0.25, 0.3) is 0 Å². The summed E-state index contributed by atoms with van der Waals surface area (Å²) in [5.74, 6) is 0. The maximum atomic E-state index is 4.42. The molecule has 0 radical (unpaired) electrons. The molecule has 92 valence electrons. The minimum absolute atomic E-state index is 0.392. The van der Waals surface area contributed by atoms with E-state index in [1.54, 1.807) is 11.3 Å². The molecule has 0 saturated carbocycles. The Labute approximate surface area is 103 Å². The van der Waals surface area contributed by atoms with Gasteiger partial charge in [0, 0.05) is 11.9 Å². The highest BCUT2D eigenvalue weighted by Gasteiger charge is 2.26. The number of hydrogen-bond donors (Lipinski definition) is 1. The number of thiazole rings is 1. The van der Waals surface area contributed by atoms with Crippen LogP contribution in [0.2, 0.25) is 0 Å². The topological polar surface area (TPSA) is 24.9 Å². The fourth-order valence-corrected chi connectivity index (χ4v) is 2.61. The van der Waals surface area contributed by atoms with Crippen molar-refractivity contribution in [2.24, 2.45) is 5.41 Å². The molecule has 1 heterocycles. The Morgan fingerprint density at radius 2 is 2.06 bits per heavy atom. The average molecular weight is 240 g/mol. The van der Waals surface area contributed by atoms with E-state index in [1.165, 1.54) is 25.0 Å². The first-order valence-electron chi connectivity index (χ1n) is 6.34. The van der Waals surface area contributed by atoms with Gasteiger partial charge in [0.1, 0.15) is 0 Å². The summed E-state index contributed by atoms with van der Waals surface area (Å²) in [4.78, 5) is 4.42. The van der Waals surface area contributed by atoms with Crippen LogP contribution in [0.4, 0.5) is 0 Å². The Morgan fingerprint density at radius 1 is 1.31 bits per heavy atom. The largest absolute Gasteiger partial charge is 0.316 e. The van der Waals surface area contributed by atoms with Crippen molar-refractivity contribution in [2.45, 2.75) is 46.5 Å². The SMILES string of the molecule is CCCNCC(CC)(CC)Cc1cscn1. The van der Waals surface area contributed by atoms with E-state index < -0.39 is 0 Å². The van der Waals surface area contributed by atoms with Gasteiger partial charge < -0.3 is 5.32 Å². The van der Waals surface area contributed by atoms with Crippen molar-refractivity contribution >= 4 is 11.3 Å². The lowest BCUT2D eigenvalue weighted by atomic mass is 9.78. The third-order valence-electron chi connectivity index (χ3n) is 3.47. The predicted octanol–water partition coefficient (Wildman–Crippen LogP) is 3.49. The van der Waals surface area contributed by atoms with Crippen molar-refractivity contribution < 1.29 is 0 Å². The molecule has 1 aromatic heterocycles. The zero-order valence-electron chi connectivity index (χ0n) is 10.8. The molecule has 0 spiro atoms. The Morgan fingerprint density at radius 3 is 2.56 bits per heavy atom. The smallest absolute Gasteiger partial charge is 0.0794 e. The van der Waals surface area contributed by atoms with Crippen LogP contribution in [0.3, 0.4) is 0 Å². The minimum Gasteiger partial charge on any atom is -0.316 e. The van der Waals surface area contributed by atoms with E-state index in [9.17, 15) is 0 Å². The highest BCUT2D eigenvalue weighted by Crippen LogP contribution is 2.30. The standard InChI is InChI=1S/C13H24N2S/c1-4-7-14-10-13(5-2,6-3)8-12-9-16-11-15-12/h9,11,14H,4-8,10H2,1-3H3. The van der Waals surface area contributed by atoms with E-state index in [0.717, 1.165) is 19.5 Å². The molecule has 0 aliphatic carbocycles. The van der Waals surface area contributed by atoms with Crippen LogP contribution >= 0.6 is 11.3 Å². The molecule has 0 aliphatic rings. The lowest BCUT2D eigenvalue weighted by Crippen LogP contribution is -2.35. The van der Waals surface area contributed by atoms with Gasteiger partial charge in [-0.2, -0.15) is 0 Å². The molecule has 1 aromatic rings. The molecular weight excluding hydrogens is 216 g/mol. The van der Waals surface area contributed by atoms with Crippen molar-refractivity contribution in [3.8, 4) is 0 Å². The quantitative estimate of drug-likeness (QED) is 0.704. The first-order chi connectivity index (χ1) is 7.76. The van der Waals surface area contributed by atoms with E-state index in [1.807, 2.05) is 5.51 Å². The summed E-state index contributed by atoms with van der Waals surface area (Å²) in [5, 5.41) is 5.75. The summed E-state index contributed by atoms with van der Waals surface area (Å²) in [6.45, 7) is 9.05. The first-order valence-corrected chi connectivity index (χ1v) is 7.28. The van der Waals surface area contributed by atoms with Crippen LogP contribution in [0.15, 0.2) is 10.9 Å². The Bertz CT molecular complexity index is 265. The average Bonchev–Trinajstić information content (AvgIpc) is 2.81. The molecule has 16 heavy (non-hydrogen) atoms. The number of hydrogen-bond acceptors (Lipinski definition) is 3. The fourth-order valence-electron chi connectivity index (χ4n) is 2.05. The van der Waals surface area contributed by atoms with Gasteiger partial charge in [0.05, 0.1) is 11.2 Å². The van der Waals surface area contributed by atoms with Crippen molar-refractivity contribution in [3.63, 3.8) is 0 Å². The minimum atomic E-state index is 0.392. The first kappa shape index (κ1) is 13.7. The van der Waals surface area contributed by atoms with Crippen molar-refractivity contribution in [1.29, 1.82) is 0 Å². The van der Waals surface area contributed by atoms with E-state index in [0.29, 0.717) is 5.41 Å². The number of aromatic nitrogens is 1. The number of rotatable bonds is 8. The molecule has 0 aliphatic heterocycles. The molecule has 0 amide bonds. The van der Waals surface area contributed by atoms with Gasteiger partial charge in [-0.05, 0) is 37.6 Å². The van der Waals surface area contributed by atoms with Crippen molar-refractivity contribution in [2.75, 3.05) is 13.1 Å².